The molecular formula is C24H52N2O6P+. The summed E-state index contributed by atoms with van der Waals surface area (Å²) in [5, 5.41) is 13.5. The number of hydrogen-bond donors (Lipinski definition) is 3. The number of phosphoric ester groups is 1. The molecule has 0 aromatic carbocycles. The number of carbonyl (C=O) groups is 1. The van der Waals surface area contributed by atoms with Gasteiger partial charge in [-0.15, -0.1) is 0 Å². The van der Waals surface area contributed by atoms with Gasteiger partial charge in [0.15, 0.2) is 0 Å². The Kier molecular flexibility index (Phi) is 18.5. The molecule has 0 aliphatic heterocycles. The van der Waals surface area contributed by atoms with E-state index in [0.29, 0.717) is 23.9 Å². The van der Waals surface area contributed by atoms with Crippen molar-refractivity contribution in [2.45, 2.75) is 109 Å². The summed E-state index contributed by atoms with van der Waals surface area (Å²) in [5.41, 5.74) is 0. The highest BCUT2D eigenvalue weighted by atomic mass is 31.2. The van der Waals surface area contributed by atoms with Gasteiger partial charge in [-0.25, -0.2) is 4.57 Å². The summed E-state index contributed by atoms with van der Waals surface area (Å²) in [6.45, 7) is 4.66. The average Bonchev–Trinajstić information content (AvgIpc) is 2.72. The lowest BCUT2D eigenvalue weighted by Gasteiger charge is -2.26. The van der Waals surface area contributed by atoms with Crippen LogP contribution in [0.15, 0.2) is 0 Å². The predicted octanol–water partition coefficient (Wildman–Crippen LogP) is 4.78. The van der Waals surface area contributed by atoms with Crippen molar-refractivity contribution in [3.8, 4) is 0 Å². The molecule has 0 aliphatic rings. The van der Waals surface area contributed by atoms with Gasteiger partial charge in [0.2, 0.25) is 5.91 Å². The van der Waals surface area contributed by atoms with Gasteiger partial charge in [-0.3, -0.25) is 13.8 Å². The van der Waals surface area contributed by atoms with Gasteiger partial charge >= 0.3 is 7.82 Å². The first kappa shape index (κ1) is 32.5. The van der Waals surface area contributed by atoms with E-state index in [9.17, 15) is 19.4 Å². The molecule has 0 aliphatic carbocycles. The highest BCUT2D eigenvalue weighted by Crippen LogP contribution is 2.43. The first-order valence-corrected chi connectivity index (χ1v) is 14.4. The second-order valence-corrected chi connectivity index (χ2v) is 11.5. The molecule has 3 N–H and O–H groups in total. The van der Waals surface area contributed by atoms with Crippen LogP contribution in [0.4, 0.5) is 0 Å². The maximum atomic E-state index is 12.4. The lowest BCUT2D eigenvalue weighted by Crippen LogP contribution is -2.46. The minimum absolute atomic E-state index is 0.0757. The monoisotopic (exact) mass is 495 g/mol. The summed E-state index contributed by atoms with van der Waals surface area (Å²) >= 11 is 0. The van der Waals surface area contributed by atoms with Crippen molar-refractivity contribution >= 4 is 13.7 Å². The van der Waals surface area contributed by atoms with Crippen molar-refractivity contribution < 1.29 is 32.9 Å². The number of aliphatic hydroxyl groups excluding tert-OH is 1. The van der Waals surface area contributed by atoms with E-state index < -0.39 is 20.0 Å². The lowest BCUT2D eigenvalue weighted by atomic mass is 10.0. The van der Waals surface area contributed by atoms with Crippen molar-refractivity contribution in [1.82, 2.24) is 5.32 Å². The first-order valence-electron chi connectivity index (χ1n) is 12.9. The first-order chi connectivity index (χ1) is 15.5. The quantitative estimate of drug-likeness (QED) is 0.113. The Balaban J connectivity index is 4.65. The molecule has 0 spiro atoms. The molecule has 0 bridgehead atoms. The number of unbranched alkanes of at least 4 members (excludes halogenated alkanes) is 9. The Labute approximate surface area is 202 Å². The van der Waals surface area contributed by atoms with Gasteiger partial charge in [-0.1, -0.05) is 78.1 Å². The second-order valence-electron chi connectivity index (χ2n) is 10.1. The van der Waals surface area contributed by atoms with E-state index in [-0.39, 0.29) is 19.1 Å². The minimum Gasteiger partial charge on any atom is -0.391 e. The summed E-state index contributed by atoms with van der Waals surface area (Å²) in [4.78, 5) is 22.4. The zero-order valence-corrected chi connectivity index (χ0v) is 22.8. The third-order valence-electron chi connectivity index (χ3n) is 5.61. The smallest absolute Gasteiger partial charge is 0.391 e. The Hall–Kier alpha value is -0.500. The van der Waals surface area contributed by atoms with Crippen LogP contribution in [0.5, 0.6) is 0 Å². The third kappa shape index (κ3) is 20.6. The van der Waals surface area contributed by atoms with Gasteiger partial charge in [0.1, 0.15) is 13.2 Å². The van der Waals surface area contributed by atoms with Crippen LogP contribution < -0.4 is 5.32 Å². The summed E-state index contributed by atoms with van der Waals surface area (Å²) in [6.07, 6.45) is 11.9. The molecule has 8 nitrogen and oxygen atoms in total. The molecule has 0 aromatic heterocycles. The van der Waals surface area contributed by atoms with E-state index in [4.69, 9.17) is 9.05 Å². The topological polar surface area (TPSA) is 105 Å². The average molecular weight is 496 g/mol. The maximum absolute atomic E-state index is 12.4. The molecule has 9 heteroatoms. The van der Waals surface area contributed by atoms with Crippen LogP contribution in [0, 0.1) is 0 Å². The number of hydrogen-bond acceptors (Lipinski definition) is 5. The fourth-order valence-corrected chi connectivity index (χ4v) is 4.13. The molecular weight excluding hydrogens is 443 g/mol. The van der Waals surface area contributed by atoms with Crippen molar-refractivity contribution in [2.75, 3.05) is 40.9 Å². The van der Waals surface area contributed by atoms with Crippen LogP contribution in [0.25, 0.3) is 0 Å². The number of carbonyl (C=O) groups excluding carboxylic acids is 1. The Morgan fingerprint density at radius 3 is 2.03 bits per heavy atom. The van der Waals surface area contributed by atoms with Gasteiger partial charge in [-0.2, -0.15) is 0 Å². The van der Waals surface area contributed by atoms with Gasteiger partial charge in [-0.05, 0) is 12.8 Å². The number of nitrogens with zero attached hydrogens (tertiary/aromatic N) is 1. The van der Waals surface area contributed by atoms with Gasteiger partial charge < -0.3 is 19.8 Å². The largest absolute Gasteiger partial charge is 0.472 e. The van der Waals surface area contributed by atoms with Crippen LogP contribution >= 0.6 is 7.82 Å². The third-order valence-corrected chi connectivity index (χ3v) is 6.59. The number of quaternary nitrogens is 1. The summed E-state index contributed by atoms with van der Waals surface area (Å²) in [5.74, 6) is -0.169. The number of aliphatic hydroxyl groups is 1. The molecule has 0 heterocycles. The Morgan fingerprint density at radius 2 is 1.45 bits per heavy atom. The Morgan fingerprint density at radius 1 is 0.909 bits per heavy atom. The molecule has 0 aromatic rings. The van der Waals surface area contributed by atoms with Gasteiger partial charge in [0, 0.05) is 6.42 Å². The van der Waals surface area contributed by atoms with Crippen LogP contribution in [0.3, 0.4) is 0 Å². The summed E-state index contributed by atoms with van der Waals surface area (Å²) in [6, 6.07) is -0.744. The van der Waals surface area contributed by atoms with Gasteiger partial charge in [0.05, 0.1) is 39.9 Å². The molecule has 33 heavy (non-hydrogen) atoms. The van der Waals surface area contributed by atoms with E-state index in [1.807, 2.05) is 21.1 Å². The van der Waals surface area contributed by atoms with E-state index in [1.54, 1.807) is 0 Å². The molecule has 0 radical (unpaired) electrons. The standard InChI is InChI=1S/C24H51N2O6P/c1-6-8-10-12-13-14-15-17-23(27)22(25-24(28)18-16-11-9-7-2)21-32-33(29,30)31-20-19-26(3,4)5/h22-23,27H,6-21H2,1-5H3,(H-,25,28,29,30)/p+1. The number of amides is 1. The zero-order chi connectivity index (χ0) is 25.2. The zero-order valence-electron chi connectivity index (χ0n) is 21.9. The minimum atomic E-state index is -4.27. The van der Waals surface area contributed by atoms with Crippen LogP contribution in [-0.4, -0.2) is 73.4 Å². The molecule has 0 saturated carbocycles. The molecule has 3 atom stereocenters. The van der Waals surface area contributed by atoms with Crippen molar-refractivity contribution in [3.63, 3.8) is 0 Å². The predicted molar refractivity (Wildman–Crippen MR) is 134 cm³/mol. The van der Waals surface area contributed by atoms with Crippen LogP contribution in [-0.2, 0) is 18.4 Å². The normalized spacial score (nSPS) is 15.7. The molecule has 0 saturated heterocycles. The number of nitrogens with one attached hydrogen (secondary N) is 1. The highest BCUT2D eigenvalue weighted by molar-refractivity contribution is 7.47. The fourth-order valence-electron chi connectivity index (χ4n) is 3.39. The molecule has 198 valence electrons. The van der Waals surface area contributed by atoms with Crippen molar-refractivity contribution in [2.24, 2.45) is 0 Å². The highest BCUT2D eigenvalue weighted by Gasteiger charge is 2.28. The number of likely N-dealkylation sites (N-methyl/N-ethyl adjacent to an activating group) is 1. The molecule has 3 unspecified atom stereocenters. The van der Waals surface area contributed by atoms with Crippen LogP contribution in [0.2, 0.25) is 0 Å². The SMILES string of the molecule is CCCCCCCCCC(O)C(COP(=O)(O)OCC[N+](C)(C)C)NC(=O)CCCCCC. The van der Waals surface area contributed by atoms with E-state index in [2.05, 4.69) is 19.2 Å². The summed E-state index contributed by atoms with van der Waals surface area (Å²) in [7, 11) is 1.61. The lowest BCUT2D eigenvalue weighted by molar-refractivity contribution is -0.870. The Bertz CT molecular complexity index is 542. The second kappa shape index (κ2) is 18.8. The fraction of sp³-hybridized carbons (Fsp3) is 0.958. The molecule has 1 amide bonds. The van der Waals surface area contributed by atoms with Crippen molar-refractivity contribution in [3.05, 3.63) is 0 Å². The number of rotatable bonds is 22. The van der Waals surface area contributed by atoms with Gasteiger partial charge in [0.25, 0.3) is 0 Å². The molecule has 0 fully saturated rings. The molecule has 0 rings (SSSR count). The van der Waals surface area contributed by atoms with E-state index in [0.717, 1.165) is 44.9 Å². The van der Waals surface area contributed by atoms with Crippen LogP contribution in [0.1, 0.15) is 97.3 Å². The van der Waals surface area contributed by atoms with E-state index >= 15 is 0 Å². The van der Waals surface area contributed by atoms with Crippen molar-refractivity contribution in [1.29, 1.82) is 0 Å². The summed E-state index contributed by atoms with van der Waals surface area (Å²) < 4.78 is 23.1. The number of phosphoric acid groups is 1. The maximum Gasteiger partial charge on any atom is 0.472 e. The van der Waals surface area contributed by atoms with E-state index in [1.165, 1.54) is 25.7 Å².